The summed E-state index contributed by atoms with van der Waals surface area (Å²) in [6.45, 7) is 1.91. The molecule has 1 aromatic heterocycles. The first-order chi connectivity index (χ1) is 8.65. The van der Waals surface area contributed by atoms with Crippen LogP contribution in [0.15, 0.2) is 28.9 Å². The maximum Gasteiger partial charge on any atom is 0.132 e. The first-order valence-electron chi connectivity index (χ1n) is 5.55. The number of imidazole rings is 1. The van der Waals surface area contributed by atoms with Crippen LogP contribution in [0.4, 0.5) is 4.39 Å². The SMILES string of the molecule is CCC(C#N)c1ncc(-c2cc(Br)ccc2F)[nH]1. The number of hydrogen-bond acceptors (Lipinski definition) is 2. The number of aromatic amines is 1. The molecule has 1 N–H and O–H groups in total. The fourth-order valence-corrected chi connectivity index (χ4v) is 2.06. The Balaban J connectivity index is 2.41. The number of nitrogens with zero attached hydrogens (tertiary/aromatic N) is 2. The van der Waals surface area contributed by atoms with Gasteiger partial charge in [0.05, 0.1) is 18.0 Å². The van der Waals surface area contributed by atoms with Crippen LogP contribution >= 0.6 is 15.9 Å². The molecule has 0 fully saturated rings. The van der Waals surface area contributed by atoms with Crippen LogP contribution in [-0.4, -0.2) is 9.97 Å². The predicted molar refractivity (Wildman–Crippen MR) is 70.3 cm³/mol. The molecule has 3 nitrogen and oxygen atoms in total. The summed E-state index contributed by atoms with van der Waals surface area (Å²) in [5.41, 5.74) is 1.02. The van der Waals surface area contributed by atoms with Crippen molar-refractivity contribution >= 4 is 15.9 Å². The van der Waals surface area contributed by atoms with E-state index in [1.807, 2.05) is 6.92 Å². The van der Waals surface area contributed by atoms with E-state index < -0.39 is 0 Å². The summed E-state index contributed by atoms with van der Waals surface area (Å²) >= 11 is 3.30. The van der Waals surface area contributed by atoms with Gasteiger partial charge < -0.3 is 4.98 Å². The molecule has 0 saturated heterocycles. The van der Waals surface area contributed by atoms with Crippen molar-refractivity contribution in [2.75, 3.05) is 0 Å². The molecular weight excluding hydrogens is 297 g/mol. The van der Waals surface area contributed by atoms with E-state index in [0.717, 1.165) is 4.47 Å². The third-order valence-electron chi connectivity index (χ3n) is 2.71. The molecule has 0 bridgehead atoms. The lowest BCUT2D eigenvalue weighted by atomic mass is 10.1. The van der Waals surface area contributed by atoms with Crippen molar-refractivity contribution in [3.8, 4) is 17.3 Å². The van der Waals surface area contributed by atoms with Crippen LogP contribution in [0.1, 0.15) is 25.1 Å². The fourth-order valence-electron chi connectivity index (χ4n) is 1.70. The number of hydrogen-bond donors (Lipinski definition) is 1. The van der Waals surface area contributed by atoms with E-state index >= 15 is 0 Å². The molecule has 5 heteroatoms. The molecule has 0 amide bonds. The van der Waals surface area contributed by atoms with Crippen LogP contribution in [0.2, 0.25) is 0 Å². The van der Waals surface area contributed by atoms with E-state index in [1.165, 1.54) is 6.07 Å². The van der Waals surface area contributed by atoms with Gasteiger partial charge in [-0.3, -0.25) is 0 Å². The Morgan fingerprint density at radius 1 is 1.56 bits per heavy atom. The molecule has 2 rings (SSSR count). The van der Waals surface area contributed by atoms with Crippen molar-refractivity contribution in [3.05, 3.63) is 40.5 Å². The highest BCUT2D eigenvalue weighted by Gasteiger charge is 2.14. The Labute approximate surface area is 113 Å². The van der Waals surface area contributed by atoms with Crippen molar-refractivity contribution in [1.82, 2.24) is 9.97 Å². The fraction of sp³-hybridized carbons (Fsp3) is 0.231. The molecule has 0 saturated carbocycles. The summed E-state index contributed by atoms with van der Waals surface area (Å²) in [7, 11) is 0. The average Bonchev–Trinajstić information content (AvgIpc) is 2.83. The zero-order valence-electron chi connectivity index (χ0n) is 9.74. The van der Waals surface area contributed by atoms with Crippen LogP contribution in [0.3, 0.4) is 0 Å². The van der Waals surface area contributed by atoms with Crippen LogP contribution in [0.25, 0.3) is 11.3 Å². The highest BCUT2D eigenvalue weighted by atomic mass is 79.9. The first kappa shape index (κ1) is 12.8. The van der Waals surface area contributed by atoms with Gasteiger partial charge in [-0.25, -0.2) is 9.37 Å². The van der Waals surface area contributed by atoms with E-state index in [2.05, 4.69) is 32.0 Å². The lowest BCUT2D eigenvalue weighted by molar-refractivity contribution is 0.630. The molecule has 0 spiro atoms. The Morgan fingerprint density at radius 2 is 2.33 bits per heavy atom. The highest BCUT2D eigenvalue weighted by Crippen LogP contribution is 2.26. The Morgan fingerprint density at radius 3 is 3.00 bits per heavy atom. The summed E-state index contributed by atoms with van der Waals surface area (Å²) in [5, 5.41) is 8.97. The number of benzene rings is 1. The summed E-state index contributed by atoms with van der Waals surface area (Å²) in [4.78, 5) is 7.15. The van der Waals surface area contributed by atoms with Crippen LogP contribution < -0.4 is 0 Å². The van der Waals surface area contributed by atoms with Gasteiger partial charge in [0.2, 0.25) is 0 Å². The molecule has 0 aliphatic carbocycles. The van der Waals surface area contributed by atoms with E-state index in [4.69, 9.17) is 5.26 Å². The molecule has 0 aliphatic heterocycles. The third kappa shape index (κ3) is 2.44. The molecule has 0 aliphatic rings. The van der Waals surface area contributed by atoms with E-state index in [-0.39, 0.29) is 11.7 Å². The minimum Gasteiger partial charge on any atom is -0.341 e. The van der Waals surface area contributed by atoms with Gasteiger partial charge in [0.15, 0.2) is 0 Å². The van der Waals surface area contributed by atoms with Gasteiger partial charge in [-0.2, -0.15) is 5.26 Å². The smallest absolute Gasteiger partial charge is 0.132 e. The van der Waals surface area contributed by atoms with Crippen LogP contribution in [0, 0.1) is 17.1 Å². The molecule has 92 valence electrons. The van der Waals surface area contributed by atoms with Gasteiger partial charge in [-0.1, -0.05) is 22.9 Å². The van der Waals surface area contributed by atoms with Crippen LogP contribution in [0.5, 0.6) is 0 Å². The monoisotopic (exact) mass is 307 g/mol. The molecule has 1 unspecified atom stereocenters. The lowest BCUT2D eigenvalue weighted by Gasteiger charge is -2.02. The number of nitrogens with one attached hydrogen (secondary N) is 1. The second-order valence-corrected chi connectivity index (χ2v) is 4.81. The van der Waals surface area contributed by atoms with E-state index in [1.54, 1.807) is 18.3 Å². The number of nitriles is 1. The summed E-state index contributed by atoms with van der Waals surface area (Å²) < 4.78 is 14.5. The third-order valence-corrected chi connectivity index (χ3v) is 3.20. The molecular formula is C13H11BrFN3. The first-order valence-corrected chi connectivity index (χ1v) is 6.35. The minimum absolute atomic E-state index is 0.283. The van der Waals surface area contributed by atoms with Crippen molar-refractivity contribution in [1.29, 1.82) is 5.26 Å². The van der Waals surface area contributed by atoms with Crippen molar-refractivity contribution in [3.63, 3.8) is 0 Å². The Hall–Kier alpha value is -1.67. The van der Waals surface area contributed by atoms with Crippen LogP contribution in [-0.2, 0) is 0 Å². The zero-order chi connectivity index (χ0) is 13.1. The second kappa shape index (κ2) is 5.32. The van der Waals surface area contributed by atoms with Crippen molar-refractivity contribution in [2.24, 2.45) is 0 Å². The summed E-state index contributed by atoms with van der Waals surface area (Å²) in [6.07, 6.45) is 2.23. The molecule has 18 heavy (non-hydrogen) atoms. The number of rotatable bonds is 3. The lowest BCUT2D eigenvalue weighted by Crippen LogP contribution is -1.96. The summed E-state index contributed by atoms with van der Waals surface area (Å²) in [6, 6.07) is 6.87. The molecule has 1 atom stereocenters. The topological polar surface area (TPSA) is 52.5 Å². The van der Waals surface area contributed by atoms with Crippen molar-refractivity contribution < 1.29 is 4.39 Å². The maximum absolute atomic E-state index is 13.7. The highest BCUT2D eigenvalue weighted by molar-refractivity contribution is 9.10. The minimum atomic E-state index is -0.321. The maximum atomic E-state index is 13.7. The van der Waals surface area contributed by atoms with Gasteiger partial charge in [-0.15, -0.1) is 0 Å². The number of aromatic nitrogens is 2. The molecule has 0 radical (unpaired) electrons. The summed E-state index contributed by atoms with van der Waals surface area (Å²) in [5.74, 6) is -0.0262. The Kier molecular flexibility index (Phi) is 3.78. The normalized spacial score (nSPS) is 12.1. The van der Waals surface area contributed by atoms with Gasteiger partial charge in [-0.05, 0) is 24.6 Å². The van der Waals surface area contributed by atoms with Gasteiger partial charge in [0.1, 0.15) is 17.6 Å². The molecule has 1 aromatic carbocycles. The molecule has 1 heterocycles. The standard InChI is InChI=1S/C13H11BrFN3/c1-2-8(6-16)13-17-7-12(18-13)10-5-9(14)3-4-11(10)15/h3-5,7-8H,2H2,1H3,(H,17,18). The van der Waals surface area contributed by atoms with Gasteiger partial charge in [0.25, 0.3) is 0 Å². The number of halogens is 2. The van der Waals surface area contributed by atoms with E-state index in [0.29, 0.717) is 23.5 Å². The second-order valence-electron chi connectivity index (χ2n) is 3.90. The van der Waals surface area contributed by atoms with Gasteiger partial charge >= 0.3 is 0 Å². The largest absolute Gasteiger partial charge is 0.341 e. The van der Waals surface area contributed by atoms with Crippen molar-refractivity contribution in [2.45, 2.75) is 19.3 Å². The Bertz CT molecular complexity index is 601. The average molecular weight is 308 g/mol. The predicted octanol–water partition coefficient (Wildman–Crippen LogP) is 4.00. The molecule has 2 aromatic rings. The quantitative estimate of drug-likeness (QED) is 0.932. The zero-order valence-corrected chi connectivity index (χ0v) is 11.3. The number of H-pyrrole nitrogens is 1. The van der Waals surface area contributed by atoms with E-state index in [9.17, 15) is 4.39 Å². The van der Waals surface area contributed by atoms with Gasteiger partial charge in [0, 0.05) is 10.0 Å².